The van der Waals surface area contributed by atoms with Gasteiger partial charge in [0.2, 0.25) is 5.95 Å². The van der Waals surface area contributed by atoms with Crippen LogP contribution in [0, 0.1) is 0 Å². The van der Waals surface area contributed by atoms with E-state index in [9.17, 15) is 4.79 Å². The molecule has 0 radical (unpaired) electrons. The fourth-order valence-electron chi connectivity index (χ4n) is 2.96. The predicted molar refractivity (Wildman–Crippen MR) is 100 cm³/mol. The summed E-state index contributed by atoms with van der Waals surface area (Å²) in [4.78, 5) is 17.5. The number of hydrogen-bond donors (Lipinski definition) is 1. The maximum Gasteiger partial charge on any atom is 0.261 e. The quantitative estimate of drug-likeness (QED) is 0.601. The van der Waals surface area contributed by atoms with E-state index in [0.717, 1.165) is 22.0 Å². The van der Waals surface area contributed by atoms with Crippen molar-refractivity contribution in [3.63, 3.8) is 0 Å². The number of ether oxygens (including phenoxy) is 1. The first-order valence-electron chi connectivity index (χ1n) is 8.24. The normalized spacial score (nSPS) is 10.7. The van der Waals surface area contributed by atoms with E-state index in [0.29, 0.717) is 11.3 Å². The van der Waals surface area contributed by atoms with Crippen LogP contribution in [0.15, 0.2) is 54.7 Å². The molecule has 1 amide bonds. The highest BCUT2D eigenvalue weighted by atomic mass is 16.5. The minimum Gasteiger partial charge on any atom is -0.495 e. The number of nitrogens with one attached hydrogen (secondary N) is 1. The van der Waals surface area contributed by atoms with Crippen molar-refractivity contribution in [1.29, 1.82) is 0 Å². The van der Waals surface area contributed by atoms with Crippen molar-refractivity contribution in [2.75, 3.05) is 12.4 Å². The zero-order valence-electron chi connectivity index (χ0n) is 14.7. The van der Waals surface area contributed by atoms with Crippen molar-refractivity contribution in [2.24, 2.45) is 7.05 Å². The van der Waals surface area contributed by atoms with Gasteiger partial charge in [0.05, 0.1) is 23.8 Å². The zero-order chi connectivity index (χ0) is 18.8. The highest BCUT2D eigenvalue weighted by Gasteiger charge is 2.22. The van der Waals surface area contributed by atoms with Crippen molar-refractivity contribution in [2.45, 2.75) is 0 Å². The summed E-state index contributed by atoms with van der Waals surface area (Å²) >= 11 is 0. The second-order valence-corrected chi connectivity index (χ2v) is 5.85. The van der Waals surface area contributed by atoms with E-state index in [2.05, 4.69) is 25.8 Å². The van der Waals surface area contributed by atoms with Crippen LogP contribution < -0.4 is 10.1 Å². The predicted octanol–water partition coefficient (Wildman–Crippen LogP) is 2.69. The summed E-state index contributed by atoms with van der Waals surface area (Å²) in [5.41, 5.74) is 2.81. The second-order valence-electron chi connectivity index (χ2n) is 5.85. The van der Waals surface area contributed by atoms with Gasteiger partial charge in [-0.3, -0.25) is 15.1 Å². The number of amides is 1. The van der Waals surface area contributed by atoms with Gasteiger partial charge in [0.1, 0.15) is 5.75 Å². The standard InChI is InChI=1S/C19H16N6O2/c1-25-19(22-23-24-25)21-18(26)14-11-13-9-6-10-20-16(13)15(17(14)27-2)12-7-4-3-5-8-12/h3-11H,1-2H3,(H,21,22,24,26). The summed E-state index contributed by atoms with van der Waals surface area (Å²) in [6.45, 7) is 0. The Morgan fingerprint density at radius 3 is 2.67 bits per heavy atom. The molecule has 8 heteroatoms. The number of anilines is 1. The smallest absolute Gasteiger partial charge is 0.261 e. The molecule has 4 aromatic rings. The number of hydrogen-bond acceptors (Lipinski definition) is 6. The number of aryl methyl sites for hydroxylation is 1. The number of nitrogens with zero attached hydrogens (tertiary/aromatic N) is 5. The molecule has 0 saturated carbocycles. The molecule has 2 aromatic heterocycles. The minimum atomic E-state index is -0.368. The summed E-state index contributed by atoms with van der Waals surface area (Å²) in [6, 6.07) is 15.2. The van der Waals surface area contributed by atoms with E-state index in [1.165, 1.54) is 11.8 Å². The van der Waals surface area contributed by atoms with Gasteiger partial charge in [0.25, 0.3) is 5.91 Å². The van der Waals surface area contributed by atoms with Gasteiger partial charge in [-0.15, -0.1) is 0 Å². The Balaban J connectivity index is 1.93. The van der Waals surface area contributed by atoms with E-state index < -0.39 is 0 Å². The molecule has 0 saturated heterocycles. The molecule has 0 aliphatic rings. The van der Waals surface area contributed by atoms with Crippen LogP contribution in [0.2, 0.25) is 0 Å². The van der Waals surface area contributed by atoms with Gasteiger partial charge in [-0.1, -0.05) is 41.5 Å². The van der Waals surface area contributed by atoms with Crippen molar-refractivity contribution in [1.82, 2.24) is 25.2 Å². The molecule has 0 aliphatic carbocycles. The second kappa shape index (κ2) is 6.83. The highest BCUT2D eigenvalue weighted by molar-refractivity contribution is 6.11. The lowest BCUT2D eigenvalue weighted by molar-refractivity contribution is 0.102. The van der Waals surface area contributed by atoms with Crippen LogP contribution in [-0.2, 0) is 7.05 Å². The van der Waals surface area contributed by atoms with E-state index in [1.807, 2.05) is 42.5 Å². The Hall–Kier alpha value is -3.81. The molecular weight excluding hydrogens is 344 g/mol. The third kappa shape index (κ3) is 2.97. The lowest BCUT2D eigenvalue weighted by Crippen LogP contribution is -2.17. The summed E-state index contributed by atoms with van der Waals surface area (Å²) in [7, 11) is 3.18. The number of rotatable bonds is 4. The molecule has 134 valence electrons. The zero-order valence-corrected chi connectivity index (χ0v) is 14.7. The van der Waals surface area contributed by atoms with Crippen LogP contribution in [0.5, 0.6) is 5.75 Å². The first kappa shape index (κ1) is 16.6. The SMILES string of the molecule is COc1c(C(=O)Nc2nnnn2C)cc2cccnc2c1-c1ccccc1. The van der Waals surface area contributed by atoms with E-state index in [1.54, 1.807) is 19.3 Å². The first-order valence-corrected chi connectivity index (χ1v) is 8.24. The monoisotopic (exact) mass is 360 g/mol. The Bertz CT molecular complexity index is 1120. The number of carbonyl (C=O) groups excluding carboxylic acids is 1. The topological polar surface area (TPSA) is 94.8 Å². The Labute approximate surface area is 154 Å². The Morgan fingerprint density at radius 2 is 1.96 bits per heavy atom. The van der Waals surface area contributed by atoms with Gasteiger partial charge in [-0.2, -0.15) is 0 Å². The van der Waals surface area contributed by atoms with Crippen LogP contribution >= 0.6 is 0 Å². The van der Waals surface area contributed by atoms with Gasteiger partial charge >= 0.3 is 0 Å². The number of tetrazole rings is 1. The molecule has 0 fully saturated rings. The Kier molecular flexibility index (Phi) is 4.21. The van der Waals surface area contributed by atoms with Gasteiger partial charge in [0, 0.05) is 18.6 Å². The average Bonchev–Trinajstić information content (AvgIpc) is 3.11. The molecule has 8 nitrogen and oxygen atoms in total. The third-order valence-electron chi connectivity index (χ3n) is 4.20. The lowest BCUT2D eigenvalue weighted by atomic mass is 9.97. The van der Waals surface area contributed by atoms with Crippen LogP contribution in [0.25, 0.3) is 22.0 Å². The number of pyridine rings is 1. The molecule has 4 rings (SSSR count). The summed E-state index contributed by atoms with van der Waals surface area (Å²) < 4.78 is 7.03. The van der Waals surface area contributed by atoms with E-state index in [-0.39, 0.29) is 11.9 Å². The molecular formula is C19H16N6O2. The van der Waals surface area contributed by atoms with Gasteiger partial charge < -0.3 is 4.74 Å². The first-order chi connectivity index (χ1) is 13.2. The van der Waals surface area contributed by atoms with Crippen molar-refractivity contribution < 1.29 is 9.53 Å². The fraction of sp³-hybridized carbons (Fsp3) is 0.105. The molecule has 0 bridgehead atoms. The van der Waals surface area contributed by atoms with Crippen molar-refractivity contribution in [3.8, 4) is 16.9 Å². The molecule has 0 aliphatic heterocycles. The summed E-state index contributed by atoms with van der Waals surface area (Å²) in [6.07, 6.45) is 1.72. The molecule has 1 N–H and O–H groups in total. The number of aromatic nitrogens is 5. The summed E-state index contributed by atoms with van der Waals surface area (Å²) in [5.74, 6) is 0.322. The maximum absolute atomic E-state index is 13.0. The summed E-state index contributed by atoms with van der Waals surface area (Å²) in [5, 5.41) is 14.6. The van der Waals surface area contributed by atoms with E-state index in [4.69, 9.17) is 4.74 Å². The number of fused-ring (bicyclic) bond motifs is 1. The molecule has 27 heavy (non-hydrogen) atoms. The van der Waals surface area contributed by atoms with Crippen LogP contribution in [0.1, 0.15) is 10.4 Å². The van der Waals surface area contributed by atoms with Gasteiger partial charge in [-0.25, -0.2) is 4.68 Å². The minimum absolute atomic E-state index is 0.245. The molecule has 2 heterocycles. The number of carbonyl (C=O) groups is 1. The van der Waals surface area contributed by atoms with Gasteiger partial charge in [0.15, 0.2) is 0 Å². The molecule has 0 unspecified atom stereocenters. The number of methoxy groups -OCH3 is 1. The number of benzene rings is 2. The maximum atomic E-state index is 13.0. The van der Waals surface area contributed by atoms with Crippen LogP contribution in [0.4, 0.5) is 5.95 Å². The van der Waals surface area contributed by atoms with Gasteiger partial charge in [-0.05, 0) is 28.1 Å². The highest BCUT2D eigenvalue weighted by Crippen LogP contribution is 2.39. The fourth-order valence-corrected chi connectivity index (χ4v) is 2.96. The van der Waals surface area contributed by atoms with E-state index >= 15 is 0 Å². The average molecular weight is 360 g/mol. The largest absolute Gasteiger partial charge is 0.495 e. The van der Waals surface area contributed by atoms with Crippen LogP contribution in [0.3, 0.4) is 0 Å². The molecule has 0 spiro atoms. The molecule has 0 atom stereocenters. The van der Waals surface area contributed by atoms with Crippen LogP contribution in [-0.4, -0.2) is 38.2 Å². The third-order valence-corrected chi connectivity index (χ3v) is 4.20. The van der Waals surface area contributed by atoms with Crippen molar-refractivity contribution in [3.05, 3.63) is 60.3 Å². The molecule has 2 aromatic carbocycles. The van der Waals surface area contributed by atoms with Crippen molar-refractivity contribution >= 4 is 22.8 Å². The lowest BCUT2D eigenvalue weighted by Gasteiger charge is -2.16. The Morgan fingerprint density at radius 1 is 1.15 bits per heavy atom.